The predicted octanol–water partition coefficient (Wildman–Crippen LogP) is 4.62. The summed E-state index contributed by atoms with van der Waals surface area (Å²) in [5.41, 5.74) is -2.48. The highest BCUT2D eigenvalue weighted by molar-refractivity contribution is 5.94. The van der Waals surface area contributed by atoms with Gasteiger partial charge in [-0.1, -0.05) is 0 Å². The zero-order valence-corrected chi connectivity index (χ0v) is 19.3. The quantitative estimate of drug-likeness (QED) is 0.315. The van der Waals surface area contributed by atoms with Gasteiger partial charge in [-0.25, -0.2) is 22.0 Å². The minimum absolute atomic E-state index is 0.0511. The molecule has 0 aliphatic carbocycles. The topological polar surface area (TPSA) is 104 Å². The first kappa shape index (κ1) is 24.8. The maximum atomic E-state index is 15.5. The van der Waals surface area contributed by atoms with Gasteiger partial charge in [0, 0.05) is 40.9 Å². The van der Waals surface area contributed by atoms with Crippen LogP contribution in [0.4, 0.5) is 22.0 Å². The van der Waals surface area contributed by atoms with Crippen LogP contribution in [0.25, 0.3) is 44.7 Å². The number of fused-ring (bicyclic) bond motifs is 2. The van der Waals surface area contributed by atoms with Gasteiger partial charge in [0.1, 0.15) is 58.7 Å². The standard InChI is InChI=1S/C28H9F5N6/c29-16-1-3-19(21(31)7-16)26-25-18(14(9-34)10-35)5-6-38(25)27(20-4-2-17(30)8-22(20)32)28-24(15(11-36)12-37)23(33)13-39(26)28/h1-8,13H. The van der Waals surface area contributed by atoms with E-state index < -0.39 is 45.5 Å². The molecule has 0 fully saturated rings. The van der Waals surface area contributed by atoms with Crippen LogP contribution in [0.1, 0.15) is 0 Å². The lowest BCUT2D eigenvalue weighted by Crippen LogP contribution is -2.15. The van der Waals surface area contributed by atoms with Gasteiger partial charge in [-0.3, -0.25) is 0 Å². The van der Waals surface area contributed by atoms with Crippen LogP contribution in [0.3, 0.4) is 0 Å². The van der Waals surface area contributed by atoms with Gasteiger partial charge in [0.15, 0.2) is 5.82 Å². The van der Waals surface area contributed by atoms with Gasteiger partial charge in [0.05, 0.1) is 27.6 Å². The van der Waals surface area contributed by atoms with Gasteiger partial charge < -0.3 is 8.80 Å². The van der Waals surface area contributed by atoms with Crippen LogP contribution in [0.5, 0.6) is 0 Å². The molecule has 0 saturated heterocycles. The van der Waals surface area contributed by atoms with Crippen molar-refractivity contribution in [2.45, 2.75) is 0 Å². The molecule has 0 radical (unpaired) electrons. The number of benzene rings is 2. The molecule has 0 atom stereocenters. The summed E-state index contributed by atoms with van der Waals surface area (Å²) in [6.07, 6.45) is 2.10. The lowest BCUT2D eigenvalue weighted by molar-refractivity contribution is 0.584. The first-order valence-corrected chi connectivity index (χ1v) is 10.9. The maximum absolute atomic E-state index is 15.5. The van der Waals surface area contributed by atoms with E-state index in [1.807, 2.05) is 0 Å². The molecule has 0 N–H and O–H groups in total. The first-order chi connectivity index (χ1) is 18.7. The molecule has 11 heteroatoms. The van der Waals surface area contributed by atoms with E-state index in [2.05, 4.69) is 0 Å². The summed E-state index contributed by atoms with van der Waals surface area (Å²) in [4.78, 5) is 0. The summed E-state index contributed by atoms with van der Waals surface area (Å²) in [5, 5.41) is 37.7. The molecular weight excluding hydrogens is 515 g/mol. The summed E-state index contributed by atoms with van der Waals surface area (Å²) in [6, 6.07) is 13.0. The van der Waals surface area contributed by atoms with Crippen molar-refractivity contribution in [1.82, 2.24) is 8.80 Å². The molecule has 39 heavy (non-hydrogen) atoms. The van der Waals surface area contributed by atoms with Gasteiger partial charge >= 0.3 is 0 Å². The molecule has 0 saturated carbocycles. The minimum atomic E-state index is -1.11. The van der Waals surface area contributed by atoms with E-state index in [0.29, 0.717) is 12.1 Å². The molecule has 3 heterocycles. The number of nitriles is 4. The summed E-state index contributed by atoms with van der Waals surface area (Å²) in [6.45, 7) is 0. The van der Waals surface area contributed by atoms with Crippen molar-refractivity contribution in [2.24, 2.45) is 0 Å². The third kappa shape index (κ3) is 3.66. The molecule has 3 aromatic heterocycles. The van der Waals surface area contributed by atoms with E-state index >= 15 is 13.2 Å². The summed E-state index contributed by atoms with van der Waals surface area (Å²) in [7, 11) is 0. The lowest BCUT2D eigenvalue weighted by atomic mass is 10.0. The lowest BCUT2D eigenvalue weighted by Gasteiger charge is -2.17. The Morgan fingerprint density at radius 2 is 1.10 bits per heavy atom. The Morgan fingerprint density at radius 1 is 0.590 bits per heavy atom. The van der Waals surface area contributed by atoms with E-state index in [-0.39, 0.29) is 38.8 Å². The number of rotatable bonds is 2. The zero-order chi connectivity index (χ0) is 28.0. The molecule has 0 unspecified atom stereocenters. The Bertz CT molecular complexity index is 2100. The van der Waals surface area contributed by atoms with Crippen LogP contribution in [0.2, 0.25) is 0 Å². The molecule has 0 amide bonds. The largest absolute Gasteiger partial charge is 0.312 e. The second-order valence-corrected chi connectivity index (χ2v) is 8.16. The highest BCUT2D eigenvalue weighted by Gasteiger charge is 2.26. The number of nitrogens with zero attached hydrogens (tertiary/aromatic N) is 6. The molecule has 6 nitrogen and oxygen atoms in total. The number of aromatic nitrogens is 2. The number of hydrogen-bond acceptors (Lipinski definition) is 4. The van der Waals surface area contributed by atoms with Crippen molar-refractivity contribution >= 4 is 22.2 Å². The van der Waals surface area contributed by atoms with Crippen LogP contribution in [0, 0.1) is 74.4 Å². The van der Waals surface area contributed by atoms with Crippen LogP contribution >= 0.6 is 0 Å². The summed E-state index contributed by atoms with van der Waals surface area (Å²) < 4.78 is 75.9. The Morgan fingerprint density at radius 3 is 1.59 bits per heavy atom. The smallest absolute Gasteiger partial charge is 0.151 e. The fourth-order valence-corrected chi connectivity index (χ4v) is 4.57. The zero-order valence-electron chi connectivity index (χ0n) is 19.3. The van der Waals surface area contributed by atoms with E-state index in [4.69, 9.17) is 0 Å². The molecule has 186 valence electrons. The third-order valence-corrected chi connectivity index (χ3v) is 6.11. The molecule has 0 spiro atoms. The second-order valence-electron chi connectivity index (χ2n) is 8.16. The van der Waals surface area contributed by atoms with Crippen LogP contribution in [-0.2, 0) is 0 Å². The van der Waals surface area contributed by atoms with Gasteiger partial charge in [-0.15, -0.1) is 0 Å². The minimum Gasteiger partial charge on any atom is -0.312 e. The summed E-state index contributed by atoms with van der Waals surface area (Å²) >= 11 is 0. The summed E-state index contributed by atoms with van der Waals surface area (Å²) in [5.74, 6) is -5.15. The van der Waals surface area contributed by atoms with Crippen LogP contribution < -0.4 is 10.4 Å². The molecular formula is C28H9F5N6. The van der Waals surface area contributed by atoms with Crippen molar-refractivity contribution in [2.75, 3.05) is 0 Å². The first-order valence-electron chi connectivity index (χ1n) is 10.9. The van der Waals surface area contributed by atoms with Crippen LogP contribution in [-0.4, -0.2) is 8.80 Å². The Kier molecular flexibility index (Phi) is 5.84. The molecule has 0 aliphatic heterocycles. The van der Waals surface area contributed by atoms with E-state index in [1.54, 1.807) is 24.3 Å². The fraction of sp³-hybridized carbons (Fsp3) is 0. The van der Waals surface area contributed by atoms with Gasteiger partial charge in [0.25, 0.3) is 0 Å². The van der Waals surface area contributed by atoms with Gasteiger partial charge in [-0.05, 0) is 30.3 Å². The monoisotopic (exact) mass is 524 g/mol. The van der Waals surface area contributed by atoms with E-state index in [9.17, 15) is 29.8 Å². The van der Waals surface area contributed by atoms with Crippen molar-refractivity contribution in [1.29, 1.82) is 21.0 Å². The molecule has 5 rings (SSSR count). The third-order valence-electron chi connectivity index (χ3n) is 6.11. The van der Waals surface area contributed by atoms with Crippen molar-refractivity contribution in [3.05, 3.63) is 94.4 Å². The molecule has 2 aromatic carbocycles. The van der Waals surface area contributed by atoms with Crippen molar-refractivity contribution in [3.8, 4) is 46.8 Å². The Balaban J connectivity index is 2.25. The van der Waals surface area contributed by atoms with Gasteiger partial charge in [-0.2, -0.15) is 21.0 Å². The maximum Gasteiger partial charge on any atom is 0.151 e. The normalized spacial score (nSPS) is 10.6. The number of hydrogen-bond donors (Lipinski definition) is 0. The van der Waals surface area contributed by atoms with Crippen LogP contribution in [0.15, 0.2) is 54.9 Å². The fourth-order valence-electron chi connectivity index (χ4n) is 4.57. The highest BCUT2D eigenvalue weighted by atomic mass is 19.1. The molecule has 0 aliphatic rings. The van der Waals surface area contributed by atoms with Gasteiger partial charge in [0.2, 0.25) is 0 Å². The molecule has 0 bridgehead atoms. The average molecular weight is 524 g/mol. The average Bonchev–Trinajstić information content (AvgIpc) is 3.47. The van der Waals surface area contributed by atoms with Crippen molar-refractivity contribution < 1.29 is 22.0 Å². The van der Waals surface area contributed by atoms with Crippen molar-refractivity contribution in [3.63, 3.8) is 0 Å². The van der Waals surface area contributed by atoms with E-state index in [1.165, 1.54) is 16.7 Å². The SMILES string of the molecule is N#CC(C#N)=c1ccn2c(-c3ccc(F)cc3F)c3c(=C(C#N)C#N)c(F)cn3c(-c3ccc(F)cc3F)c12. The van der Waals surface area contributed by atoms with E-state index in [0.717, 1.165) is 34.9 Å². The highest BCUT2D eigenvalue weighted by Crippen LogP contribution is 2.35. The Labute approximate surface area is 215 Å². The predicted molar refractivity (Wildman–Crippen MR) is 128 cm³/mol. The molecule has 5 aromatic rings. The number of halogens is 5. The Hall–Kier alpha value is -5.91. The second kappa shape index (κ2) is 9.19.